The molecule has 1 heterocycles. The summed E-state index contributed by atoms with van der Waals surface area (Å²) in [5.41, 5.74) is 0.439. The summed E-state index contributed by atoms with van der Waals surface area (Å²) in [5, 5.41) is 13.9. The molecule has 0 saturated heterocycles. The Balaban J connectivity index is 1.63. The predicted octanol–water partition coefficient (Wildman–Crippen LogP) is 2.22. The van der Waals surface area contributed by atoms with E-state index in [0.29, 0.717) is 11.3 Å². The van der Waals surface area contributed by atoms with Gasteiger partial charge in [-0.15, -0.1) is 5.10 Å². The number of aromatic nitrogens is 2. The number of rotatable bonds is 6. The Bertz CT molecular complexity index is 888. The maximum atomic E-state index is 12.9. The molecule has 8 heteroatoms. The van der Waals surface area contributed by atoms with Crippen LogP contribution in [-0.2, 0) is 6.54 Å². The standard InChI is InChI=1S/C17H14F2N2O4/c18-12-3-1-11(2-4-12)16-20-21(17(23)25-16)9-14(22)10-24-15-7-5-13(19)6-8-15/h1-8,14,22H,9-10H2/t14-/m1/s1. The second kappa shape index (κ2) is 7.27. The van der Waals surface area contributed by atoms with Crippen molar-refractivity contribution in [3.8, 4) is 17.2 Å². The van der Waals surface area contributed by atoms with E-state index in [1.807, 2.05) is 0 Å². The van der Waals surface area contributed by atoms with Gasteiger partial charge in [-0.1, -0.05) is 0 Å². The lowest BCUT2D eigenvalue weighted by atomic mass is 10.2. The number of ether oxygens (including phenoxy) is 1. The van der Waals surface area contributed by atoms with E-state index in [4.69, 9.17) is 9.15 Å². The molecule has 3 rings (SSSR count). The Morgan fingerprint density at radius 1 is 1.08 bits per heavy atom. The van der Waals surface area contributed by atoms with E-state index < -0.39 is 23.5 Å². The quantitative estimate of drug-likeness (QED) is 0.739. The SMILES string of the molecule is O=c1oc(-c2ccc(F)cc2)nn1C[C@@H](O)COc1ccc(F)cc1. The third-order valence-electron chi connectivity index (χ3n) is 3.34. The molecular formula is C17H14F2N2O4. The zero-order valence-corrected chi connectivity index (χ0v) is 12.9. The molecule has 0 bridgehead atoms. The topological polar surface area (TPSA) is 77.5 Å². The Hall–Kier alpha value is -3.00. The Morgan fingerprint density at radius 2 is 1.68 bits per heavy atom. The average molecular weight is 348 g/mol. The van der Waals surface area contributed by atoms with Crippen molar-refractivity contribution in [2.24, 2.45) is 0 Å². The number of halogens is 2. The largest absolute Gasteiger partial charge is 0.491 e. The molecule has 0 radical (unpaired) electrons. The number of nitrogens with zero attached hydrogens (tertiary/aromatic N) is 2. The van der Waals surface area contributed by atoms with Gasteiger partial charge in [0, 0.05) is 5.56 Å². The highest BCUT2D eigenvalue weighted by Gasteiger charge is 2.14. The third kappa shape index (κ3) is 4.30. The Kier molecular flexibility index (Phi) is 4.90. The lowest BCUT2D eigenvalue weighted by Gasteiger charge is -2.11. The molecule has 0 aliphatic carbocycles. The van der Waals surface area contributed by atoms with Crippen LogP contribution in [0.25, 0.3) is 11.5 Å². The van der Waals surface area contributed by atoms with E-state index >= 15 is 0 Å². The van der Waals surface area contributed by atoms with E-state index in [-0.39, 0.29) is 19.0 Å². The molecule has 0 fully saturated rings. The minimum Gasteiger partial charge on any atom is -0.491 e. The third-order valence-corrected chi connectivity index (χ3v) is 3.34. The summed E-state index contributed by atoms with van der Waals surface area (Å²) >= 11 is 0. The summed E-state index contributed by atoms with van der Waals surface area (Å²) in [6.07, 6.45) is -1.03. The van der Waals surface area contributed by atoms with Gasteiger partial charge in [0.2, 0.25) is 5.89 Å². The number of benzene rings is 2. The molecule has 3 aromatic rings. The van der Waals surface area contributed by atoms with Crippen molar-refractivity contribution < 1.29 is 23.0 Å². The van der Waals surface area contributed by atoms with Crippen LogP contribution in [0.3, 0.4) is 0 Å². The van der Waals surface area contributed by atoms with Gasteiger partial charge in [-0.3, -0.25) is 0 Å². The van der Waals surface area contributed by atoms with Gasteiger partial charge in [0.25, 0.3) is 0 Å². The van der Waals surface area contributed by atoms with Gasteiger partial charge in [0.1, 0.15) is 30.1 Å². The van der Waals surface area contributed by atoms with Gasteiger partial charge in [0.15, 0.2) is 0 Å². The summed E-state index contributed by atoms with van der Waals surface area (Å²) in [6, 6.07) is 10.6. The molecule has 25 heavy (non-hydrogen) atoms. The van der Waals surface area contributed by atoms with Gasteiger partial charge in [0.05, 0.1) is 6.54 Å². The van der Waals surface area contributed by atoms with Crippen molar-refractivity contribution in [2.45, 2.75) is 12.6 Å². The maximum absolute atomic E-state index is 12.9. The molecule has 1 N–H and O–H groups in total. The fourth-order valence-corrected chi connectivity index (χ4v) is 2.11. The van der Waals surface area contributed by atoms with Crippen LogP contribution < -0.4 is 10.5 Å². The molecule has 0 spiro atoms. The summed E-state index contributed by atoms with van der Waals surface area (Å²) in [6.45, 7) is -0.262. The summed E-state index contributed by atoms with van der Waals surface area (Å²) in [5.74, 6) is -1.15. The molecule has 0 saturated carbocycles. The molecule has 1 atom stereocenters. The van der Waals surface area contributed by atoms with Gasteiger partial charge >= 0.3 is 5.76 Å². The van der Waals surface area contributed by atoms with E-state index in [1.165, 1.54) is 48.5 Å². The Labute approximate surface area is 140 Å². The van der Waals surface area contributed by atoms with Crippen molar-refractivity contribution in [2.75, 3.05) is 6.61 Å². The monoisotopic (exact) mass is 348 g/mol. The maximum Gasteiger partial charge on any atom is 0.437 e. The molecule has 0 amide bonds. The lowest BCUT2D eigenvalue weighted by molar-refractivity contribution is 0.0875. The van der Waals surface area contributed by atoms with Crippen molar-refractivity contribution in [1.29, 1.82) is 0 Å². The van der Waals surface area contributed by atoms with Crippen LogP contribution in [0.2, 0.25) is 0 Å². The van der Waals surface area contributed by atoms with Crippen LogP contribution in [0.4, 0.5) is 8.78 Å². The first-order chi connectivity index (χ1) is 12.0. The van der Waals surface area contributed by atoms with Gasteiger partial charge < -0.3 is 14.3 Å². The fourth-order valence-electron chi connectivity index (χ4n) is 2.11. The van der Waals surface area contributed by atoms with Crippen LogP contribution in [0, 0.1) is 11.6 Å². The van der Waals surface area contributed by atoms with Crippen molar-refractivity contribution in [3.05, 3.63) is 70.7 Å². The number of hydrogen-bond acceptors (Lipinski definition) is 5. The molecule has 130 valence electrons. The van der Waals surface area contributed by atoms with Crippen molar-refractivity contribution in [1.82, 2.24) is 9.78 Å². The summed E-state index contributed by atoms with van der Waals surface area (Å²) in [4.78, 5) is 11.8. The number of hydrogen-bond donors (Lipinski definition) is 1. The van der Waals surface area contributed by atoms with Crippen molar-refractivity contribution >= 4 is 0 Å². The first-order valence-electron chi connectivity index (χ1n) is 7.41. The first kappa shape index (κ1) is 16.8. The van der Waals surface area contributed by atoms with Crippen molar-refractivity contribution in [3.63, 3.8) is 0 Å². The highest BCUT2D eigenvalue weighted by Crippen LogP contribution is 2.16. The zero-order chi connectivity index (χ0) is 17.8. The van der Waals surface area contributed by atoms with Crippen LogP contribution in [0.15, 0.2) is 57.7 Å². The minimum absolute atomic E-state index is 0.0247. The molecule has 0 aliphatic rings. The predicted molar refractivity (Wildman–Crippen MR) is 84.1 cm³/mol. The number of aliphatic hydroxyl groups excluding tert-OH is 1. The highest BCUT2D eigenvalue weighted by atomic mass is 19.1. The van der Waals surface area contributed by atoms with Crippen LogP contribution in [-0.4, -0.2) is 27.6 Å². The van der Waals surface area contributed by atoms with Gasteiger partial charge in [-0.25, -0.2) is 13.6 Å². The number of aliphatic hydroxyl groups is 1. The highest BCUT2D eigenvalue weighted by molar-refractivity contribution is 5.51. The second-order valence-corrected chi connectivity index (χ2v) is 5.28. The van der Waals surface area contributed by atoms with E-state index in [0.717, 1.165) is 4.68 Å². The normalized spacial score (nSPS) is 12.1. The zero-order valence-electron chi connectivity index (χ0n) is 12.9. The second-order valence-electron chi connectivity index (χ2n) is 5.28. The van der Waals surface area contributed by atoms with Crippen LogP contribution in [0.1, 0.15) is 0 Å². The fraction of sp³-hybridized carbons (Fsp3) is 0.176. The summed E-state index contributed by atoms with van der Waals surface area (Å²) in [7, 11) is 0. The molecule has 0 aliphatic heterocycles. The van der Waals surface area contributed by atoms with Gasteiger partial charge in [-0.05, 0) is 48.5 Å². The molecule has 0 unspecified atom stereocenters. The minimum atomic E-state index is -1.03. The van der Waals surface area contributed by atoms with Crippen LogP contribution in [0.5, 0.6) is 5.75 Å². The Morgan fingerprint density at radius 3 is 2.32 bits per heavy atom. The average Bonchev–Trinajstić information content (AvgIpc) is 2.95. The smallest absolute Gasteiger partial charge is 0.437 e. The van der Waals surface area contributed by atoms with Crippen LogP contribution >= 0.6 is 0 Å². The first-order valence-corrected chi connectivity index (χ1v) is 7.41. The summed E-state index contributed by atoms with van der Waals surface area (Å²) < 4.78 is 37.0. The lowest BCUT2D eigenvalue weighted by Crippen LogP contribution is -2.29. The molecule has 1 aromatic heterocycles. The molecule has 2 aromatic carbocycles. The van der Waals surface area contributed by atoms with E-state index in [1.54, 1.807) is 0 Å². The molecule has 6 nitrogen and oxygen atoms in total. The van der Waals surface area contributed by atoms with Gasteiger partial charge in [-0.2, -0.15) is 4.68 Å². The van der Waals surface area contributed by atoms with E-state index in [2.05, 4.69) is 5.10 Å². The van der Waals surface area contributed by atoms with E-state index in [9.17, 15) is 18.7 Å². The molecular weight excluding hydrogens is 334 g/mol.